The maximum Gasteiger partial charge on any atom is 0.338 e. The molecule has 0 saturated heterocycles. The van der Waals surface area contributed by atoms with Crippen molar-refractivity contribution in [1.29, 1.82) is 0 Å². The number of rotatable bonds is 8. The highest BCUT2D eigenvalue weighted by molar-refractivity contribution is 7.07. The van der Waals surface area contributed by atoms with Gasteiger partial charge in [-0.3, -0.25) is 9.36 Å². The van der Waals surface area contributed by atoms with Gasteiger partial charge in [0.25, 0.3) is 5.56 Å². The fourth-order valence-electron chi connectivity index (χ4n) is 5.02. The lowest BCUT2D eigenvalue weighted by Gasteiger charge is -2.25. The van der Waals surface area contributed by atoms with E-state index in [-0.39, 0.29) is 17.7 Å². The van der Waals surface area contributed by atoms with E-state index in [0.29, 0.717) is 43.5 Å². The minimum atomic E-state index is -0.881. The second-order valence-electron chi connectivity index (χ2n) is 9.94. The van der Waals surface area contributed by atoms with Crippen LogP contribution in [0.25, 0.3) is 11.8 Å². The van der Waals surface area contributed by atoms with Gasteiger partial charge in [0.15, 0.2) is 4.80 Å². The van der Waals surface area contributed by atoms with Gasteiger partial charge in [-0.1, -0.05) is 95.7 Å². The van der Waals surface area contributed by atoms with Crippen molar-refractivity contribution in [2.75, 3.05) is 6.61 Å². The summed E-state index contributed by atoms with van der Waals surface area (Å²) in [7, 11) is 0. The molecule has 0 saturated carbocycles. The fraction of sp³-hybridized carbons (Fsp3) is 0.114. The quantitative estimate of drug-likeness (QED) is 0.190. The molecule has 1 aromatic heterocycles. The second-order valence-corrected chi connectivity index (χ2v) is 11.4. The number of fused-ring (bicyclic) bond motifs is 1. The van der Waals surface area contributed by atoms with E-state index in [2.05, 4.69) is 0 Å². The molecule has 6 rings (SSSR count). The van der Waals surface area contributed by atoms with Gasteiger partial charge in [0.1, 0.15) is 18.2 Å². The van der Waals surface area contributed by atoms with E-state index in [1.807, 2.05) is 78.9 Å². The van der Waals surface area contributed by atoms with E-state index in [4.69, 9.17) is 26.1 Å². The van der Waals surface area contributed by atoms with Crippen LogP contribution in [0.1, 0.15) is 35.2 Å². The Morgan fingerprint density at radius 2 is 1.75 bits per heavy atom. The first-order valence-corrected chi connectivity index (χ1v) is 15.1. The Morgan fingerprint density at radius 1 is 1.00 bits per heavy atom. The van der Waals surface area contributed by atoms with Gasteiger partial charge >= 0.3 is 5.97 Å². The number of ether oxygens (including phenoxy) is 2. The van der Waals surface area contributed by atoms with E-state index in [1.165, 1.54) is 28.0 Å². The topological polar surface area (TPSA) is 69.9 Å². The molecule has 0 N–H and O–H groups in total. The summed E-state index contributed by atoms with van der Waals surface area (Å²) in [6.45, 7) is 2.15. The number of thiazole rings is 1. The molecule has 0 unspecified atom stereocenters. The third-order valence-corrected chi connectivity index (χ3v) is 8.42. The molecule has 1 aliphatic heterocycles. The molecule has 6 nitrogen and oxygen atoms in total. The zero-order valence-corrected chi connectivity index (χ0v) is 25.1. The van der Waals surface area contributed by atoms with Crippen molar-refractivity contribution >= 4 is 40.7 Å². The standard InChI is InChI=1S/C35H26ClFN2O4S/c1-2-42-34(41)30-31(23-10-4-3-5-11-23)38-35-39(32(30)24-15-17-26(37)18-16-24)33(40)29(44-35)20-22-9-8-13-27(19-22)43-21-25-12-6-7-14-28(25)36/h3-20,32H,2,21H2,1H3/b29-20+/t32-/m0/s1. The summed E-state index contributed by atoms with van der Waals surface area (Å²) in [5.74, 6) is -0.406. The first-order chi connectivity index (χ1) is 21.4. The van der Waals surface area contributed by atoms with Gasteiger partial charge in [-0.05, 0) is 54.5 Å². The summed E-state index contributed by atoms with van der Waals surface area (Å²) in [6, 6.07) is 29.0. The second kappa shape index (κ2) is 12.8. The Labute approximate surface area is 261 Å². The van der Waals surface area contributed by atoms with Gasteiger partial charge < -0.3 is 9.47 Å². The highest BCUT2D eigenvalue weighted by atomic mass is 35.5. The molecule has 4 aromatic carbocycles. The lowest BCUT2D eigenvalue weighted by Crippen LogP contribution is -2.40. The molecule has 0 bridgehead atoms. The van der Waals surface area contributed by atoms with Crippen LogP contribution in [0.15, 0.2) is 118 Å². The highest BCUT2D eigenvalue weighted by Crippen LogP contribution is 2.35. The van der Waals surface area contributed by atoms with Crippen LogP contribution in [0.5, 0.6) is 5.75 Å². The number of halogens is 2. The number of hydrogen-bond donors (Lipinski definition) is 0. The van der Waals surface area contributed by atoms with Gasteiger partial charge in [0.2, 0.25) is 0 Å². The molecule has 1 aliphatic rings. The van der Waals surface area contributed by atoms with Crippen LogP contribution in [0, 0.1) is 5.82 Å². The van der Waals surface area contributed by atoms with Crippen LogP contribution >= 0.6 is 22.9 Å². The van der Waals surface area contributed by atoms with Crippen molar-refractivity contribution < 1.29 is 18.7 Å². The number of carbonyl (C=O) groups is 1. The molecular formula is C35H26ClFN2O4S. The number of nitrogens with zero attached hydrogens (tertiary/aromatic N) is 2. The van der Waals surface area contributed by atoms with Crippen molar-refractivity contribution in [3.63, 3.8) is 0 Å². The molecule has 0 aliphatic carbocycles. The number of esters is 1. The van der Waals surface area contributed by atoms with Crippen LogP contribution in [-0.4, -0.2) is 17.1 Å². The maximum absolute atomic E-state index is 14.1. The zero-order chi connectivity index (χ0) is 30.6. The molecule has 9 heteroatoms. The first-order valence-electron chi connectivity index (χ1n) is 13.9. The Balaban J connectivity index is 1.48. The summed E-state index contributed by atoms with van der Waals surface area (Å²) < 4.78 is 27.3. The first kappa shape index (κ1) is 29.3. The molecule has 2 heterocycles. The molecular weight excluding hydrogens is 599 g/mol. The van der Waals surface area contributed by atoms with E-state index in [9.17, 15) is 14.0 Å². The van der Waals surface area contributed by atoms with Crippen molar-refractivity contribution in [2.24, 2.45) is 4.99 Å². The Morgan fingerprint density at radius 3 is 2.50 bits per heavy atom. The lowest BCUT2D eigenvalue weighted by atomic mass is 9.93. The van der Waals surface area contributed by atoms with E-state index >= 15 is 0 Å². The van der Waals surface area contributed by atoms with Gasteiger partial charge in [0.05, 0.1) is 28.5 Å². The fourth-order valence-corrected chi connectivity index (χ4v) is 6.21. The molecule has 5 aromatic rings. The summed E-state index contributed by atoms with van der Waals surface area (Å²) in [6.07, 6.45) is 1.77. The average Bonchev–Trinajstić information content (AvgIpc) is 3.35. The smallest absolute Gasteiger partial charge is 0.338 e. The molecule has 220 valence electrons. The average molecular weight is 625 g/mol. The van der Waals surface area contributed by atoms with Crippen molar-refractivity contribution in [1.82, 2.24) is 4.57 Å². The predicted octanol–water partition coefficient (Wildman–Crippen LogP) is 6.31. The zero-order valence-electron chi connectivity index (χ0n) is 23.6. The molecule has 0 amide bonds. The third-order valence-electron chi connectivity index (χ3n) is 7.07. The molecule has 0 fully saturated rings. The van der Waals surface area contributed by atoms with Crippen LogP contribution in [-0.2, 0) is 16.1 Å². The van der Waals surface area contributed by atoms with Crippen LogP contribution in [0.4, 0.5) is 4.39 Å². The Kier molecular flexibility index (Phi) is 8.54. The maximum atomic E-state index is 14.1. The van der Waals surface area contributed by atoms with Crippen molar-refractivity contribution in [3.8, 4) is 5.75 Å². The lowest BCUT2D eigenvalue weighted by molar-refractivity contribution is -0.138. The predicted molar refractivity (Wildman–Crippen MR) is 170 cm³/mol. The summed E-state index contributed by atoms with van der Waals surface area (Å²) >= 11 is 7.49. The van der Waals surface area contributed by atoms with E-state index < -0.39 is 17.8 Å². The highest BCUT2D eigenvalue weighted by Gasteiger charge is 2.35. The molecule has 1 atom stereocenters. The van der Waals surface area contributed by atoms with Crippen molar-refractivity contribution in [3.05, 3.63) is 161 Å². The summed E-state index contributed by atoms with van der Waals surface area (Å²) in [4.78, 5) is 32.8. The molecule has 0 spiro atoms. The monoisotopic (exact) mass is 624 g/mol. The molecule has 0 radical (unpaired) electrons. The minimum absolute atomic E-state index is 0.139. The third kappa shape index (κ3) is 6.00. The van der Waals surface area contributed by atoms with E-state index in [1.54, 1.807) is 25.1 Å². The van der Waals surface area contributed by atoms with E-state index in [0.717, 1.165) is 11.1 Å². The Bertz CT molecular complexity index is 2050. The van der Waals surface area contributed by atoms with Gasteiger partial charge in [-0.2, -0.15) is 0 Å². The number of hydrogen-bond acceptors (Lipinski definition) is 6. The number of carbonyl (C=O) groups excluding carboxylic acids is 1. The van der Waals surface area contributed by atoms with Gasteiger partial charge in [0, 0.05) is 16.1 Å². The summed E-state index contributed by atoms with van der Waals surface area (Å²) in [5.41, 5.74) is 3.14. The minimum Gasteiger partial charge on any atom is -0.489 e. The Hall–Kier alpha value is -4.79. The van der Waals surface area contributed by atoms with Gasteiger partial charge in [-0.25, -0.2) is 14.2 Å². The van der Waals surface area contributed by atoms with Crippen molar-refractivity contribution in [2.45, 2.75) is 19.6 Å². The SMILES string of the molecule is CCOC(=O)C1=C(c2ccccc2)N=c2s/c(=C/c3cccc(OCc4ccccc4Cl)c3)c(=O)n2[C@H]1c1ccc(F)cc1. The largest absolute Gasteiger partial charge is 0.489 e. The normalized spacial score (nSPS) is 14.6. The van der Waals surface area contributed by atoms with Crippen LogP contribution in [0.2, 0.25) is 5.02 Å². The molecule has 44 heavy (non-hydrogen) atoms. The van der Waals surface area contributed by atoms with Crippen LogP contribution < -0.4 is 19.6 Å². The van der Waals surface area contributed by atoms with Crippen LogP contribution in [0.3, 0.4) is 0 Å². The number of aromatic nitrogens is 1. The summed E-state index contributed by atoms with van der Waals surface area (Å²) in [5, 5.41) is 0.623. The number of benzene rings is 4. The van der Waals surface area contributed by atoms with Gasteiger partial charge in [-0.15, -0.1) is 0 Å².